The van der Waals surface area contributed by atoms with Crippen molar-refractivity contribution in [3.8, 4) is 0 Å². The number of rotatable bonds is 4. The normalized spacial score (nSPS) is 26.8. The smallest absolute Gasteiger partial charge is 0.0757 e. The molecular formula is C16H28N2O2. The van der Waals surface area contributed by atoms with Crippen molar-refractivity contribution in [2.75, 3.05) is 26.2 Å². The van der Waals surface area contributed by atoms with Crippen LogP contribution in [-0.4, -0.2) is 47.5 Å². The summed E-state index contributed by atoms with van der Waals surface area (Å²) in [7, 11) is 0. The Morgan fingerprint density at radius 1 is 1.30 bits per heavy atom. The molecule has 2 rings (SSSR count). The first-order valence-corrected chi connectivity index (χ1v) is 7.45. The van der Waals surface area contributed by atoms with E-state index < -0.39 is 11.5 Å². The van der Waals surface area contributed by atoms with Gasteiger partial charge < -0.3 is 15.9 Å². The molecule has 4 heteroatoms. The van der Waals surface area contributed by atoms with Crippen LogP contribution < -0.4 is 5.73 Å². The quantitative estimate of drug-likeness (QED) is 0.775. The van der Waals surface area contributed by atoms with Crippen LogP contribution in [0.2, 0.25) is 0 Å². The van der Waals surface area contributed by atoms with E-state index in [1.807, 2.05) is 32.0 Å². The standard InChI is InChI=1S/C14H22N2O2.C2H6/c15-10-14(11-17)6-7-16(9-13(14)18)8-12-4-2-1-3-5-12;1-2/h1-5,13,17-18H,6-11,15H2;1-2H3. The minimum absolute atomic E-state index is 0.0379. The van der Waals surface area contributed by atoms with Gasteiger partial charge in [-0.15, -0.1) is 0 Å². The van der Waals surface area contributed by atoms with E-state index in [9.17, 15) is 10.2 Å². The maximum absolute atomic E-state index is 10.2. The first kappa shape index (κ1) is 17.1. The number of piperidine rings is 1. The van der Waals surface area contributed by atoms with Crippen molar-refractivity contribution in [1.29, 1.82) is 0 Å². The summed E-state index contributed by atoms with van der Waals surface area (Å²) in [5.74, 6) is 0. The summed E-state index contributed by atoms with van der Waals surface area (Å²) in [6.07, 6.45) is 0.193. The highest BCUT2D eigenvalue weighted by Gasteiger charge is 2.40. The Morgan fingerprint density at radius 3 is 2.45 bits per heavy atom. The molecule has 1 aromatic carbocycles. The van der Waals surface area contributed by atoms with Crippen molar-refractivity contribution < 1.29 is 10.2 Å². The molecule has 0 bridgehead atoms. The Labute approximate surface area is 122 Å². The average molecular weight is 280 g/mol. The summed E-state index contributed by atoms with van der Waals surface area (Å²) in [5.41, 5.74) is 6.44. The van der Waals surface area contributed by atoms with Gasteiger partial charge in [-0.1, -0.05) is 44.2 Å². The summed E-state index contributed by atoms with van der Waals surface area (Å²) in [4.78, 5) is 2.21. The number of likely N-dealkylation sites (tertiary alicyclic amines) is 1. The fraction of sp³-hybridized carbons (Fsp3) is 0.625. The molecule has 4 N–H and O–H groups in total. The lowest BCUT2D eigenvalue weighted by Crippen LogP contribution is -2.55. The highest BCUT2D eigenvalue weighted by molar-refractivity contribution is 5.14. The molecule has 2 unspecified atom stereocenters. The van der Waals surface area contributed by atoms with Crippen LogP contribution in [0.3, 0.4) is 0 Å². The lowest BCUT2D eigenvalue weighted by atomic mass is 9.76. The predicted octanol–water partition coefficient (Wildman–Crippen LogP) is 1.22. The highest BCUT2D eigenvalue weighted by atomic mass is 16.3. The van der Waals surface area contributed by atoms with Gasteiger partial charge >= 0.3 is 0 Å². The van der Waals surface area contributed by atoms with E-state index in [4.69, 9.17) is 5.73 Å². The van der Waals surface area contributed by atoms with Gasteiger partial charge in [0.15, 0.2) is 0 Å². The van der Waals surface area contributed by atoms with Crippen molar-refractivity contribution in [2.24, 2.45) is 11.1 Å². The summed E-state index contributed by atoms with van der Waals surface area (Å²) in [6, 6.07) is 10.2. The molecule has 2 atom stereocenters. The third kappa shape index (κ3) is 4.03. The molecule has 0 radical (unpaired) electrons. The van der Waals surface area contributed by atoms with Crippen LogP contribution in [0.25, 0.3) is 0 Å². The zero-order valence-corrected chi connectivity index (χ0v) is 12.6. The molecule has 1 heterocycles. The zero-order valence-electron chi connectivity index (χ0n) is 12.6. The van der Waals surface area contributed by atoms with Gasteiger partial charge in [-0.3, -0.25) is 4.90 Å². The van der Waals surface area contributed by atoms with E-state index in [1.54, 1.807) is 0 Å². The third-order valence-corrected chi connectivity index (χ3v) is 4.03. The summed E-state index contributed by atoms with van der Waals surface area (Å²) in [5, 5.41) is 19.6. The molecule has 0 amide bonds. The Bertz CT molecular complexity index is 366. The van der Waals surface area contributed by atoms with Crippen molar-refractivity contribution in [2.45, 2.75) is 32.9 Å². The van der Waals surface area contributed by atoms with E-state index in [0.717, 1.165) is 19.5 Å². The minimum Gasteiger partial charge on any atom is -0.396 e. The van der Waals surface area contributed by atoms with Crippen LogP contribution in [0.5, 0.6) is 0 Å². The summed E-state index contributed by atoms with van der Waals surface area (Å²) >= 11 is 0. The predicted molar refractivity (Wildman–Crippen MR) is 82.3 cm³/mol. The van der Waals surface area contributed by atoms with Crippen molar-refractivity contribution >= 4 is 0 Å². The number of hydrogen-bond donors (Lipinski definition) is 3. The largest absolute Gasteiger partial charge is 0.396 e. The number of nitrogens with zero attached hydrogens (tertiary/aromatic N) is 1. The monoisotopic (exact) mass is 280 g/mol. The highest BCUT2D eigenvalue weighted by Crippen LogP contribution is 2.30. The van der Waals surface area contributed by atoms with Gasteiger partial charge in [0.1, 0.15) is 0 Å². The van der Waals surface area contributed by atoms with E-state index in [0.29, 0.717) is 13.1 Å². The van der Waals surface area contributed by atoms with Gasteiger partial charge in [-0.2, -0.15) is 0 Å². The summed E-state index contributed by atoms with van der Waals surface area (Å²) < 4.78 is 0. The summed E-state index contributed by atoms with van der Waals surface area (Å²) in [6.45, 7) is 6.58. The molecular weight excluding hydrogens is 252 g/mol. The molecule has 1 aromatic rings. The lowest BCUT2D eigenvalue weighted by Gasteiger charge is -2.44. The molecule has 0 saturated carbocycles. The number of nitrogens with two attached hydrogens (primary N) is 1. The van der Waals surface area contributed by atoms with Crippen LogP contribution in [-0.2, 0) is 6.54 Å². The van der Waals surface area contributed by atoms with E-state index in [2.05, 4.69) is 17.0 Å². The van der Waals surface area contributed by atoms with Crippen LogP contribution in [0.4, 0.5) is 0 Å². The number of aliphatic hydroxyl groups is 2. The lowest BCUT2D eigenvalue weighted by molar-refractivity contribution is -0.0699. The second kappa shape index (κ2) is 8.37. The van der Waals surface area contributed by atoms with Crippen molar-refractivity contribution in [1.82, 2.24) is 4.90 Å². The van der Waals surface area contributed by atoms with Gasteiger partial charge in [0.2, 0.25) is 0 Å². The van der Waals surface area contributed by atoms with Gasteiger partial charge in [0.05, 0.1) is 12.7 Å². The first-order valence-electron chi connectivity index (χ1n) is 7.45. The van der Waals surface area contributed by atoms with Gasteiger partial charge in [0, 0.05) is 25.0 Å². The van der Waals surface area contributed by atoms with Gasteiger partial charge in [-0.25, -0.2) is 0 Å². The van der Waals surface area contributed by atoms with Gasteiger partial charge in [-0.05, 0) is 18.5 Å². The zero-order chi connectivity index (χ0) is 15.0. The fourth-order valence-corrected chi connectivity index (χ4v) is 2.55. The minimum atomic E-state index is -0.551. The molecule has 1 aliphatic heterocycles. The number of aliphatic hydroxyl groups excluding tert-OH is 2. The molecule has 1 saturated heterocycles. The molecule has 0 aliphatic carbocycles. The SMILES string of the molecule is CC.NCC1(CO)CCN(Cc2ccccc2)CC1O. The van der Waals surface area contributed by atoms with Crippen LogP contribution in [0.1, 0.15) is 25.8 Å². The molecule has 4 nitrogen and oxygen atoms in total. The van der Waals surface area contributed by atoms with E-state index in [1.165, 1.54) is 5.56 Å². The Kier molecular flexibility index (Phi) is 7.16. The number of β-amino-alcohol motifs (C(OH)–C–C–N with tert-alkyl or cyclic N) is 1. The maximum atomic E-state index is 10.2. The van der Waals surface area contributed by atoms with Gasteiger partial charge in [0.25, 0.3) is 0 Å². The molecule has 1 fully saturated rings. The van der Waals surface area contributed by atoms with Crippen LogP contribution in [0, 0.1) is 5.41 Å². The second-order valence-corrected chi connectivity index (χ2v) is 5.21. The topological polar surface area (TPSA) is 69.7 Å². The molecule has 1 aliphatic rings. The third-order valence-electron chi connectivity index (χ3n) is 4.03. The van der Waals surface area contributed by atoms with E-state index >= 15 is 0 Å². The first-order chi connectivity index (χ1) is 9.70. The molecule has 20 heavy (non-hydrogen) atoms. The Balaban J connectivity index is 0.000000956. The van der Waals surface area contributed by atoms with Crippen molar-refractivity contribution in [3.63, 3.8) is 0 Å². The average Bonchev–Trinajstić information content (AvgIpc) is 2.51. The second-order valence-electron chi connectivity index (χ2n) is 5.21. The number of benzene rings is 1. The maximum Gasteiger partial charge on any atom is 0.0757 e. The van der Waals surface area contributed by atoms with Crippen LogP contribution in [0.15, 0.2) is 30.3 Å². The van der Waals surface area contributed by atoms with E-state index in [-0.39, 0.29) is 6.61 Å². The Morgan fingerprint density at radius 2 is 1.95 bits per heavy atom. The Hall–Kier alpha value is -0.940. The fourth-order valence-electron chi connectivity index (χ4n) is 2.55. The molecule has 0 aromatic heterocycles. The van der Waals surface area contributed by atoms with Crippen LogP contribution >= 0.6 is 0 Å². The molecule has 114 valence electrons. The molecule has 0 spiro atoms. The number of hydrogen-bond acceptors (Lipinski definition) is 4. The van der Waals surface area contributed by atoms with Crippen molar-refractivity contribution in [3.05, 3.63) is 35.9 Å².